The second-order valence-corrected chi connectivity index (χ2v) is 6.91. The van der Waals surface area contributed by atoms with Crippen molar-refractivity contribution in [3.8, 4) is 6.07 Å². The van der Waals surface area contributed by atoms with E-state index in [1.807, 2.05) is 6.07 Å². The number of rotatable bonds is 2. The number of hydrogen-bond acceptors (Lipinski definition) is 2. The molecule has 4 fully saturated rings. The van der Waals surface area contributed by atoms with Crippen LogP contribution >= 0.6 is 0 Å². The SMILES string of the molecule is N#Cc1ccc(NC2C3CC4CC(C3)CC2C4)c(F)c1. The molecule has 1 aromatic rings. The van der Waals surface area contributed by atoms with E-state index in [1.54, 1.807) is 12.1 Å². The standard InChI is InChI=1S/C17H19FN2/c18-15-8-10(9-19)1-2-16(15)20-17-13-4-11-3-12(6-13)7-14(17)5-11/h1-2,8,11-14,17,20H,3-7H2. The molecule has 2 nitrogen and oxygen atoms in total. The van der Waals surface area contributed by atoms with Gasteiger partial charge < -0.3 is 5.32 Å². The average Bonchev–Trinajstić information content (AvgIpc) is 2.43. The van der Waals surface area contributed by atoms with Crippen LogP contribution in [0.5, 0.6) is 0 Å². The normalized spacial score (nSPS) is 37.7. The number of hydrogen-bond donors (Lipinski definition) is 1. The van der Waals surface area contributed by atoms with Crippen LogP contribution in [0.2, 0.25) is 0 Å². The molecule has 0 amide bonds. The maximum Gasteiger partial charge on any atom is 0.147 e. The summed E-state index contributed by atoms with van der Waals surface area (Å²) in [5.74, 6) is 3.02. The first kappa shape index (κ1) is 12.2. The zero-order chi connectivity index (χ0) is 13.7. The Bertz CT molecular complexity index is 547. The van der Waals surface area contributed by atoms with Gasteiger partial charge in [-0.15, -0.1) is 0 Å². The Kier molecular flexibility index (Phi) is 2.73. The van der Waals surface area contributed by atoms with Crippen LogP contribution in [-0.2, 0) is 0 Å². The smallest absolute Gasteiger partial charge is 0.147 e. The minimum Gasteiger partial charge on any atom is -0.379 e. The predicted molar refractivity (Wildman–Crippen MR) is 75.6 cm³/mol. The van der Waals surface area contributed by atoms with E-state index in [9.17, 15) is 4.39 Å². The van der Waals surface area contributed by atoms with Crippen molar-refractivity contribution >= 4 is 5.69 Å². The minimum atomic E-state index is -0.294. The molecule has 4 bridgehead atoms. The Morgan fingerprint density at radius 3 is 2.25 bits per heavy atom. The van der Waals surface area contributed by atoms with E-state index in [2.05, 4.69) is 5.32 Å². The van der Waals surface area contributed by atoms with Crippen LogP contribution < -0.4 is 5.32 Å². The maximum atomic E-state index is 14.0. The van der Waals surface area contributed by atoms with Crippen LogP contribution in [0, 0.1) is 40.8 Å². The first-order chi connectivity index (χ1) is 9.72. The van der Waals surface area contributed by atoms with Gasteiger partial charge in [0.2, 0.25) is 0 Å². The number of halogens is 1. The molecule has 0 unspecified atom stereocenters. The predicted octanol–water partition coefficient (Wildman–Crippen LogP) is 3.93. The lowest BCUT2D eigenvalue weighted by Gasteiger charge is -2.54. The van der Waals surface area contributed by atoms with Gasteiger partial charge in [-0.2, -0.15) is 5.26 Å². The number of benzene rings is 1. The van der Waals surface area contributed by atoms with E-state index >= 15 is 0 Å². The topological polar surface area (TPSA) is 35.8 Å². The summed E-state index contributed by atoms with van der Waals surface area (Å²) in [5.41, 5.74) is 0.958. The van der Waals surface area contributed by atoms with E-state index in [0.29, 0.717) is 17.3 Å². The maximum absolute atomic E-state index is 14.0. The van der Waals surface area contributed by atoms with E-state index in [4.69, 9.17) is 5.26 Å². The van der Waals surface area contributed by atoms with Crippen LogP contribution in [0.4, 0.5) is 10.1 Å². The van der Waals surface area contributed by atoms with Crippen molar-refractivity contribution in [2.24, 2.45) is 23.7 Å². The van der Waals surface area contributed by atoms with Crippen LogP contribution in [0.15, 0.2) is 18.2 Å². The van der Waals surface area contributed by atoms with Gasteiger partial charge in [-0.1, -0.05) is 0 Å². The van der Waals surface area contributed by atoms with Gasteiger partial charge in [0.05, 0.1) is 17.3 Å². The van der Waals surface area contributed by atoms with Crippen LogP contribution in [0.3, 0.4) is 0 Å². The van der Waals surface area contributed by atoms with Gasteiger partial charge in [0.1, 0.15) is 5.82 Å². The molecule has 4 aliphatic carbocycles. The molecule has 3 heteroatoms. The zero-order valence-electron chi connectivity index (χ0n) is 11.5. The fourth-order valence-corrected chi connectivity index (χ4v) is 5.04. The summed E-state index contributed by atoms with van der Waals surface area (Å²) in [6.07, 6.45) is 6.72. The molecule has 104 valence electrons. The Labute approximate surface area is 119 Å². The fraction of sp³-hybridized carbons (Fsp3) is 0.588. The summed E-state index contributed by atoms with van der Waals surface area (Å²) >= 11 is 0. The molecule has 4 saturated carbocycles. The lowest BCUT2D eigenvalue weighted by atomic mass is 9.54. The lowest BCUT2D eigenvalue weighted by molar-refractivity contribution is 0.00744. The molecule has 0 atom stereocenters. The summed E-state index contributed by atoms with van der Waals surface area (Å²) in [6, 6.07) is 7.17. The third-order valence-corrected chi connectivity index (χ3v) is 5.65. The summed E-state index contributed by atoms with van der Waals surface area (Å²) < 4.78 is 14.0. The van der Waals surface area contributed by atoms with Crippen molar-refractivity contribution in [1.82, 2.24) is 0 Å². The van der Waals surface area contributed by atoms with Crippen LogP contribution in [0.25, 0.3) is 0 Å². The number of nitrogens with one attached hydrogen (secondary N) is 1. The molecule has 0 radical (unpaired) electrons. The van der Waals surface area contributed by atoms with E-state index in [0.717, 1.165) is 23.7 Å². The lowest BCUT2D eigenvalue weighted by Crippen LogP contribution is -2.51. The van der Waals surface area contributed by atoms with Crippen molar-refractivity contribution in [1.29, 1.82) is 5.26 Å². The molecule has 0 heterocycles. The van der Waals surface area contributed by atoms with Gasteiger partial charge in [0.15, 0.2) is 0 Å². The quantitative estimate of drug-likeness (QED) is 0.883. The Balaban J connectivity index is 1.56. The monoisotopic (exact) mass is 270 g/mol. The Morgan fingerprint density at radius 2 is 1.70 bits per heavy atom. The fourth-order valence-electron chi connectivity index (χ4n) is 5.04. The molecule has 0 aromatic heterocycles. The van der Waals surface area contributed by atoms with Crippen molar-refractivity contribution in [3.63, 3.8) is 0 Å². The third-order valence-electron chi connectivity index (χ3n) is 5.65. The summed E-state index contributed by atoms with van der Waals surface area (Å²) in [5, 5.41) is 12.3. The van der Waals surface area contributed by atoms with Gasteiger partial charge in [-0.3, -0.25) is 0 Å². The molecule has 1 aromatic carbocycles. The molecule has 20 heavy (non-hydrogen) atoms. The summed E-state index contributed by atoms with van der Waals surface area (Å²) in [7, 11) is 0. The Morgan fingerprint density at radius 1 is 1.05 bits per heavy atom. The number of anilines is 1. The highest BCUT2D eigenvalue weighted by atomic mass is 19.1. The van der Waals surface area contributed by atoms with Gasteiger partial charge in [0, 0.05) is 6.04 Å². The number of nitrogens with zero attached hydrogens (tertiary/aromatic N) is 1. The van der Waals surface area contributed by atoms with E-state index in [-0.39, 0.29) is 5.82 Å². The minimum absolute atomic E-state index is 0.294. The second kappa shape index (κ2) is 4.48. The molecule has 4 aliphatic rings. The molecular weight excluding hydrogens is 251 g/mol. The van der Waals surface area contributed by atoms with Crippen molar-refractivity contribution in [3.05, 3.63) is 29.6 Å². The first-order valence-corrected chi connectivity index (χ1v) is 7.69. The van der Waals surface area contributed by atoms with Crippen molar-refractivity contribution in [2.45, 2.75) is 38.1 Å². The second-order valence-electron chi connectivity index (χ2n) is 6.91. The molecular formula is C17H19FN2. The Hall–Kier alpha value is -1.56. The zero-order valence-corrected chi connectivity index (χ0v) is 11.5. The largest absolute Gasteiger partial charge is 0.379 e. The van der Waals surface area contributed by atoms with Crippen LogP contribution in [0.1, 0.15) is 37.7 Å². The average molecular weight is 270 g/mol. The highest BCUT2D eigenvalue weighted by Gasteiger charge is 2.48. The van der Waals surface area contributed by atoms with Crippen LogP contribution in [-0.4, -0.2) is 6.04 Å². The summed E-state index contributed by atoms with van der Waals surface area (Å²) in [6.45, 7) is 0. The van der Waals surface area contributed by atoms with E-state index in [1.165, 1.54) is 38.2 Å². The summed E-state index contributed by atoms with van der Waals surface area (Å²) in [4.78, 5) is 0. The van der Waals surface area contributed by atoms with Gasteiger partial charge >= 0.3 is 0 Å². The number of nitriles is 1. The van der Waals surface area contributed by atoms with Gasteiger partial charge in [-0.05, 0) is 74.0 Å². The first-order valence-electron chi connectivity index (χ1n) is 7.69. The van der Waals surface area contributed by atoms with Gasteiger partial charge in [-0.25, -0.2) is 4.39 Å². The molecule has 0 aliphatic heterocycles. The van der Waals surface area contributed by atoms with Crippen molar-refractivity contribution < 1.29 is 4.39 Å². The third kappa shape index (κ3) is 1.90. The molecule has 5 rings (SSSR count). The molecule has 0 spiro atoms. The van der Waals surface area contributed by atoms with E-state index < -0.39 is 0 Å². The molecule has 1 N–H and O–H groups in total. The highest BCUT2D eigenvalue weighted by Crippen LogP contribution is 2.54. The highest BCUT2D eigenvalue weighted by molar-refractivity contribution is 5.50. The van der Waals surface area contributed by atoms with Crippen molar-refractivity contribution in [2.75, 3.05) is 5.32 Å². The van der Waals surface area contributed by atoms with Gasteiger partial charge in [0.25, 0.3) is 0 Å². The molecule has 0 saturated heterocycles.